The van der Waals surface area contributed by atoms with Crippen molar-refractivity contribution >= 4 is 0 Å². The van der Waals surface area contributed by atoms with Crippen LogP contribution in [0.1, 0.15) is 31.7 Å². The molecule has 0 spiro atoms. The molecule has 2 rings (SSSR count). The molecule has 6 heteroatoms. The fourth-order valence-electron chi connectivity index (χ4n) is 2.33. The van der Waals surface area contributed by atoms with Crippen molar-refractivity contribution in [2.75, 3.05) is 13.2 Å². The maximum atomic E-state index is 12.3. The van der Waals surface area contributed by atoms with Crippen LogP contribution in [0, 0.1) is 0 Å². The lowest BCUT2D eigenvalue weighted by Gasteiger charge is -2.36. The van der Waals surface area contributed by atoms with Gasteiger partial charge in [0, 0.05) is 13.1 Å². The van der Waals surface area contributed by atoms with Crippen LogP contribution >= 0.6 is 0 Å². The van der Waals surface area contributed by atoms with Crippen LogP contribution in [0.2, 0.25) is 0 Å². The largest absolute Gasteiger partial charge is 0.490 e. The summed E-state index contributed by atoms with van der Waals surface area (Å²) >= 11 is 0. The second kappa shape index (κ2) is 7.04. The highest BCUT2D eigenvalue weighted by molar-refractivity contribution is 5.43. The van der Waals surface area contributed by atoms with Crippen molar-refractivity contribution < 1.29 is 23.4 Å². The molecule has 0 radical (unpaired) electrons. The van der Waals surface area contributed by atoms with Gasteiger partial charge in [0.2, 0.25) is 0 Å². The number of nitrogens with one attached hydrogen (secondary N) is 1. The van der Waals surface area contributed by atoms with Gasteiger partial charge in [-0.05, 0) is 43.9 Å². The van der Waals surface area contributed by atoms with E-state index in [1.807, 2.05) is 0 Å². The predicted octanol–water partition coefficient (Wildman–Crippen LogP) is 2.69. The summed E-state index contributed by atoms with van der Waals surface area (Å²) in [5, 5.41) is 13.2. The Bertz CT molecular complexity index is 464. The van der Waals surface area contributed by atoms with Gasteiger partial charge in [-0.25, -0.2) is 0 Å². The van der Waals surface area contributed by atoms with E-state index in [0.717, 1.165) is 24.8 Å². The normalized spacial score (nSPS) is 16.6. The third-order valence-electron chi connectivity index (χ3n) is 3.59. The summed E-state index contributed by atoms with van der Waals surface area (Å²) in [4.78, 5) is 0. The number of ether oxygens (including phenoxy) is 2. The second-order valence-corrected chi connectivity index (χ2v) is 5.27. The highest BCUT2D eigenvalue weighted by Gasteiger charge is 2.33. The van der Waals surface area contributed by atoms with Crippen molar-refractivity contribution in [1.29, 1.82) is 0 Å². The standard InChI is InChI=1S/C15H21F2NO3/c1-2-20-13-8-11(4-5-12(13)21-14(16)17)9-18-10-15(19)6-3-7-15/h4-5,8,14,18-19H,2-3,6-7,9-10H2,1H3. The average molecular weight is 301 g/mol. The van der Waals surface area contributed by atoms with Gasteiger partial charge >= 0.3 is 6.61 Å². The highest BCUT2D eigenvalue weighted by atomic mass is 19.3. The third kappa shape index (κ3) is 4.54. The van der Waals surface area contributed by atoms with E-state index in [0.29, 0.717) is 25.4 Å². The lowest BCUT2D eigenvalue weighted by atomic mass is 9.80. The molecule has 1 aliphatic rings. The van der Waals surface area contributed by atoms with E-state index in [4.69, 9.17) is 4.74 Å². The monoisotopic (exact) mass is 301 g/mol. The molecule has 2 N–H and O–H groups in total. The third-order valence-corrected chi connectivity index (χ3v) is 3.59. The molecule has 0 aromatic heterocycles. The van der Waals surface area contributed by atoms with Gasteiger partial charge in [0.1, 0.15) is 0 Å². The number of benzene rings is 1. The zero-order valence-electron chi connectivity index (χ0n) is 12.1. The lowest BCUT2D eigenvalue weighted by Crippen LogP contribution is -2.45. The molecule has 0 aliphatic heterocycles. The molecule has 0 heterocycles. The Balaban J connectivity index is 1.94. The molecule has 1 aromatic rings. The Morgan fingerprint density at radius 3 is 2.67 bits per heavy atom. The number of alkyl halides is 2. The van der Waals surface area contributed by atoms with Crippen molar-refractivity contribution in [3.05, 3.63) is 23.8 Å². The van der Waals surface area contributed by atoms with Crippen molar-refractivity contribution in [1.82, 2.24) is 5.32 Å². The van der Waals surface area contributed by atoms with Crippen molar-refractivity contribution in [3.63, 3.8) is 0 Å². The smallest absolute Gasteiger partial charge is 0.387 e. The van der Waals surface area contributed by atoms with Crippen LogP contribution in [0.4, 0.5) is 8.78 Å². The minimum absolute atomic E-state index is 0.0354. The highest BCUT2D eigenvalue weighted by Crippen LogP contribution is 2.31. The van der Waals surface area contributed by atoms with Gasteiger partial charge in [-0.1, -0.05) is 6.07 Å². The Kier molecular flexibility index (Phi) is 5.36. The topological polar surface area (TPSA) is 50.7 Å². The van der Waals surface area contributed by atoms with Gasteiger partial charge in [0.25, 0.3) is 0 Å². The number of halogens is 2. The van der Waals surface area contributed by atoms with Gasteiger partial charge < -0.3 is 19.9 Å². The molecule has 1 aromatic carbocycles. The SMILES string of the molecule is CCOc1cc(CNCC2(O)CCC2)ccc1OC(F)F. The zero-order valence-corrected chi connectivity index (χ0v) is 12.1. The van der Waals surface area contributed by atoms with Crippen molar-refractivity contribution in [2.45, 2.75) is 44.9 Å². The maximum absolute atomic E-state index is 12.3. The van der Waals surface area contributed by atoms with Crippen LogP contribution in [0.25, 0.3) is 0 Å². The minimum atomic E-state index is -2.87. The Labute approximate surface area is 123 Å². The second-order valence-electron chi connectivity index (χ2n) is 5.27. The summed E-state index contributed by atoms with van der Waals surface area (Å²) in [6.07, 6.45) is 2.71. The summed E-state index contributed by atoms with van der Waals surface area (Å²) < 4.78 is 34.3. The fraction of sp³-hybridized carbons (Fsp3) is 0.600. The number of hydrogen-bond acceptors (Lipinski definition) is 4. The summed E-state index contributed by atoms with van der Waals surface area (Å²) in [5.74, 6) is 0.340. The predicted molar refractivity (Wildman–Crippen MR) is 74.8 cm³/mol. The van der Waals surface area contributed by atoms with Crippen molar-refractivity contribution in [2.24, 2.45) is 0 Å². The lowest BCUT2D eigenvalue weighted by molar-refractivity contribution is -0.0514. The van der Waals surface area contributed by atoms with Gasteiger partial charge in [-0.15, -0.1) is 0 Å². The van der Waals surface area contributed by atoms with Crippen LogP contribution < -0.4 is 14.8 Å². The van der Waals surface area contributed by atoms with Gasteiger partial charge in [0.15, 0.2) is 11.5 Å². The molecule has 0 saturated heterocycles. The molecule has 0 unspecified atom stereocenters. The molecule has 118 valence electrons. The van der Waals surface area contributed by atoms with E-state index in [1.165, 1.54) is 6.07 Å². The molecular formula is C15H21F2NO3. The summed E-state index contributed by atoms with van der Waals surface area (Å²) in [5.41, 5.74) is 0.310. The number of aliphatic hydroxyl groups is 1. The Morgan fingerprint density at radius 1 is 1.33 bits per heavy atom. The maximum Gasteiger partial charge on any atom is 0.387 e. The van der Waals surface area contributed by atoms with Crippen LogP contribution in [0.5, 0.6) is 11.5 Å². The minimum Gasteiger partial charge on any atom is -0.490 e. The van der Waals surface area contributed by atoms with Crippen LogP contribution in [-0.4, -0.2) is 30.5 Å². The quantitative estimate of drug-likeness (QED) is 0.775. The first-order chi connectivity index (χ1) is 10.0. The molecular weight excluding hydrogens is 280 g/mol. The van der Waals surface area contributed by atoms with Gasteiger partial charge in [-0.2, -0.15) is 8.78 Å². The van der Waals surface area contributed by atoms with E-state index in [-0.39, 0.29) is 5.75 Å². The summed E-state index contributed by atoms with van der Waals surface area (Å²) in [7, 11) is 0. The first kappa shape index (κ1) is 16.0. The van der Waals surface area contributed by atoms with E-state index < -0.39 is 12.2 Å². The fourth-order valence-corrected chi connectivity index (χ4v) is 2.33. The van der Waals surface area contributed by atoms with E-state index in [2.05, 4.69) is 10.1 Å². The molecule has 4 nitrogen and oxygen atoms in total. The molecule has 0 amide bonds. The van der Waals surface area contributed by atoms with E-state index in [9.17, 15) is 13.9 Å². The first-order valence-corrected chi connectivity index (χ1v) is 7.16. The summed E-state index contributed by atoms with van der Waals surface area (Å²) in [6.45, 7) is 0.351. The molecule has 1 aliphatic carbocycles. The summed E-state index contributed by atoms with van der Waals surface area (Å²) in [6, 6.07) is 4.86. The van der Waals surface area contributed by atoms with Crippen molar-refractivity contribution in [3.8, 4) is 11.5 Å². The molecule has 0 bridgehead atoms. The Hall–Kier alpha value is -1.40. The van der Waals surface area contributed by atoms with Gasteiger partial charge in [-0.3, -0.25) is 0 Å². The zero-order chi connectivity index (χ0) is 15.3. The van der Waals surface area contributed by atoms with Crippen LogP contribution in [-0.2, 0) is 6.54 Å². The first-order valence-electron chi connectivity index (χ1n) is 7.16. The Morgan fingerprint density at radius 2 is 2.10 bits per heavy atom. The van der Waals surface area contributed by atoms with Gasteiger partial charge in [0.05, 0.1) is 12.2 Å². The van der Waals surface area contributed by atoms with E-state index in [1.54, 1.807) is 19.1 Å². The van der Waals surface area contributed by atoms with Crippen LogP contribution in [0.3, 0.4) is 0 Å². The van der Waals surface area contributed by atoms with E-state index >= 15 is 0 Å². The number of hydrogen-bond donors (Lipinski definition) is 2. The molecule has 21 heavy (non-hydrogen) atoms. The van der Waals surface area contributed by atoms with Crippen LogP contribution in [0.15, 0.2) is 18.2 Å². The molecule has 0 atom stereocenters. The number of rotatable bonds is 8. The average Bonchev–Trinajstić information content (AvgIpc) is 2.39. The molecule has 1 saturated carbocycles. The molecule has 1 fully saturated rings.